The van der Waals surface area contributed by atoms with E-state index in [1.165, 1.54) is 5.56 Å². The molecule has 2 heterocycles. The second kappa shape index (κ2) is 15.9. The quantitative estimate of drug-likeness (QED) is 0.270. The molecule has 10 heteroatoms. The summed E-state index contributed by atoms with van der Waals surface area (Å²) in [7, 11) is 0. The number of nitrogens with one attached hydrogen (secondary N) is 2. The van der Waals surface area contributed by atoms with Gasteiger partial charge < -0.3 is 25.6 Å². The van der Waals surface area contributed by atoms with Gasteiger partial charge in [0.15, 0.2) is 0 Å². The van der Waals surface area contributed by atoms with Gasteiger partial charge in [-0.05, 0) is 55.9 Å². The molecule has 4 N–H and O–H groups in total. The largest absolute Gasteiger partial charge is 0.446 e. The van der Waals surface area contributed by atoms with Crippen LogP contribution in [-0.4, -0.2) is 91.2 Å². The Labute approximate surface area is 278 Å². The highest BCUT2D eigenvalue weighted by Gasteiger charge is 2.32. The Kier molecular flexibility index (Phi) is 11.5. The number of piperidine rings is 1. The summed E-state index contributed by atoms with van der Waals surface area (Å²) < 4.78 is 5.75. The lowest BCUT2D eigenvalue weighted by Crippen LogP contribution is -2.55. The highest BCUT2D eigenvalue weighted by atomic mass is 16.6. The molecule has 2 saturated heterocycles. The van der Waals surface area contributed by atoms with E-state index in [-0.39, 0.29) is 23.6 Å². The maximum Gasteiger partial charge on any atom is 0.411 e. The topological polar surface area (TPSA) is 120 Å². The van der Waals surface area contributed by atoms with Gasteiger partial charge in [0.1, 0.15) is 6.10 Å². The molecule has 2 aliphatic heterocycles. The molecule has 0 unspecified atom stereocenters. The van der Waals surface area contributed by atoms with Crippen molar-refractivity contribution in [2.75, 3.05) is 57.7 Å². The van der Waals surface area contributed by atoms with Crippen LogP contribution >= 0.6 is 0 Å². The number of para-hydroxylation sites is 1. The third-order valence-corrected chi connectivity index (χ3v) is 9.49. The zero-order valence-electron chi connectivity index (χ0n) is 27.6. The molecular formula is C37H48N6O4. The van der Waals surface area contributed by atoms with Gasteiger partial charge in [0, 0.05) is 69.9 Å². The molecule has 0 spiro atoms. The first kappa shape index (κ1) is 33.9. The van der Waals surface area contributed by atoms with Crippen molar-refractivity contribution in [2.45, 2.75) is 51.2 Å². The number of carbonyl (C=O) groups is 3. The standard InChI is InChI=1S/C37H48N6O4/c1-37(2,43-26-24-42(25-27-43)35(38)45)30-15-12-28(13-16-30)14-17-34(44)39-20-23-41-21-18-31(19-22-41)47-36(46)40-33-11-7-6-10-32(33)29-8-4-3-5-9-29/h3-13,15-16,31H,14,17-27H2,1-2H3,(H2,38,45)(H,39,44)(H,40,46). The molecule has 3 aromatic rings. The summed E-state index contributed by atoms with van der Waals surface area (Å²) in [5.74, 6) is 0.0485. The van der Waals surface area contributed by atoms with Crippen LogP contribution in [0.5, 0.6) is 0 Å². The Morgan fingerprint density at radius 3 is 2.19 bits per heavy atom. The van der Waals surface area contributed by atoms with Crippen molar-refractivity contribution in [2.24, 2.45) is 5.73 Å². The second-order valence-corrected chi connectivity index (χ2v) is 12.9. The van der Waals surface area contributed by atoms with E-state index in [1.54, 1.807) is 4.90 Å². The first-order valence-electron chi connectivity index (χ1n) is 16.7. The smallest absolute Gasteiger partial charge is 0.411 e. The molecule has 0 saturated carbocycles. The maximum absolute atomic E-state index is 12.7. The SMILES string of the molecule is CC(C)(c1ccc(CCC(=O)NCCN2CCC(OC(=O)Nc3ccccc3-c3ccccc3)CC2)cc1)N1CCN(C(N)=O)CC1. The van der Waals surface area contributed by atoms with Gasteiger partial charge in [-0.25, -0.2) is 9.59 Å². The average molecular weight is 641 g/mol. The van der Waals surface area contributed by atoms with Gasteiger partial charge in [-0.3, -0.25) is 15.0 Å². The van der Waals surface area contributed by atoms with Crippen LogP contribution in [-0.2, 0) is 21.5 Å². The second-order valence-electron chi connectivity index (χ2n) is 12.9. The number of primary amides is 1. The van der Waals surface area contributed by atoms with E-state index in [1.807, 2.05) is 54.6 Å². The van der Waals surface area contributed by atoms with E-state index in [0.717, 1.165) is 67.9 Å². The minimum absolute atomic E-state index is 0.0485. The van der Waals surface area contributed by atoms with Gasteiger partial charge in [-0.1, -0.05) is 72.8 Å². The van der Waals surface area contributed by atoms with Crippen molar-refractivity contribution in [3.63, 3.8) is 0 Å². The van der Waals surface area contributed by atoms with Crippen LogP contribution in [0.25, 0.3) is 11.1 Å². The maximum atomic E-state index is 12.7. The van der Waals surface area contributed by atoms with Crippen LogP contribution in [0.15, 0.2) is 78.9 Å². The summed E-state index contributed by atoms with van der Waals surface area (Å²) in [6, 6.07) is 25.9. The molecule has 2 aliphatic rings. The van der Waals surface area contributed by atoms with E-state index in [4.69, 9.17) is 10.5 Å². The zero-order valence-corrected chi connectivity index (χ0v) is 27.6. The predicted octanol–water partition coefficient (Wildman–Crippen LogP) is 5.05. The first-order chi connectivity index (χ1) is 22.7. The van der Waals surface area contributed by atoms with Crippen LogP contribution in [0, 0.1) is 0 Å². The predicted molar refractivity (Wildman–Crippen MR) is 185 cm³/mol. The summed E-state index contributed by atoms with van der Waals surface area (Å²) in [4.78, 5) is 43.1. The monoisotopic (exact) mass is 640 g/mol. The van der Waals surface area contributed by atoms with Gasteiger partial charge in [-0.2, -0.15) is 0 Å². The summed E-state index contributed by atoms with van der Waals surface area (Å²) in [6.07, 6.45) is 2.09. The van der Waals surface area contributed by atoms with E-state index in [9.17, 15) is 14.4 Å². The number of nitrogens with zero attached hydrogens (tertiary/aromatic N) is 3. The molecule has 0 atom stereocenters. The fourth-order valence-corrected chi connectivity index (χ4v) is 6.45. The highest BCUT2D eigenvalue weighted by Crippen LogP contribution is 2.30. The summed E-state index contributed by atoms with van der Waals surface area (Å²) >= 11 is 0. The molecule has 0 radical (unpaired) electrons. The molecule has 3 aromatic carbocycles. The van der Waals surface area contributed by atoms with E-state index in [2.05, 4.69) is 58.5 Å². The number of urea groups is 1. The number of nitrogens with two attached hydrogens (primary N) is 1. The van der Waals surface area contributed by atoms with Crippen molar-refractivity contribution >= 4 is 23.7 Å². The van der Waals surface area contributed by atoms with Crippen molar-refractivity contribution in [3.8, 4) is 11.1 Å². The molecule has 4 amide bonds. The number of piperazine rings is 1. The van der Waals surface area contributed by atoms with E-state index >= 15 is 0 Å². The molecule has 47 heavy (non-hydrogen) atoms. The van der Waals surface area contributed by atoms with Crippen molar-refractivity contribution in [3.05, 3.63) is 90.0 Å². The average Bonchev–Trinajstić information content (AvgIpc) is 3.09. The molecule has 250 valence electrons. The number of aryl methyl sites for hydroxylation is 1. The minimum Gasteiger partial charge on any atom is -0.446 e. The fourth-order valence-electron chi connectivity index (χ4n) is 6.45. The summed E-state index contributed by atoms with van der Waals surface area (Å²) in [6.45, 7) is 10.3. The van der Waals surface area contributed by atoms with E-state index < -0.39 is 6.09 Å². The highest BCUT2D eigenvalue weighted by molar-refractivity contribution is 5.91. The number of rotatable bonds is 11. The number of anilines is 1. The summed E-state index contributed by atoms with van der Waals surface area (Å²) in [5.41, 5.74) is 10.3. The number of ether oxygens (including phenoxy) is 1. The number of carbonyl (C=O) groups excluding carboxylic acids is 3. The van der Waals surface area contributed by atoms with Gasteiger partial charge in [0.2, 0.25) is 5.91 Å². The molecular weight excluding hydrogens is 592 g/mol. The lowest BCUT2D eigenvalue weighted by Gasteiger charge is -2.44. The Hall–Kier alpha value is -4.41. The molecule has 10 nitrogen and oxygen atoms in total. The van der Waals surface area contributed by atoms with Crippen molar-refractivity contribution < 1.29 is 19.1 Å². The van der Waals surface area contributed by atoms with E-state index in [0.29, 0.717) is 32.5 Å². The van der Waals surface area contributed by atoms with Gasteiger partial charge in [-0.15, -0.1) is 0 Å². The Morgan fingerprint density at radius 2 is 1.51 bits per heavy atom. The summed E-state index contributed by atoms with van der Waals surface area (Å²) in [5, 5.41) is 5.99. The normalized spacial score (nSPS) is 16.4. The number of benzene rings is 3. The first-order valence-corrected chi connectivity index (χ1v) is 16.7. The third kappa shape index (κ3) is 9.33. The van der Waals surface area contributed by atoms with Crippen LogP contribution in [0.2, 0.25) is 0 Å². The zero-order chi connectivity index (χ0) is 33.2. The van der Waals surface area contributed by atoms with Crippen molar-refractivity contribution in [1.29, 1.82) is 0 Å². The fraction of sp³-hybridized carbons (Fsp3) is 0.432. The van der Waals surface area contributed by atoms with Gasteiger partial charge in [0.25, 0.3) is 0 Å². The lowest BCUT2D eigenvalue weighted by molar-refractivity contribution is -0.121. The molecule has 0 aromatic heterocycles. The van der Waals surface area contributed by atoms with Crippen LogP contribution < -0.4 is 16.4 Å². The lowest BCUT2D eigenvalue weighted by atomic mass is 9.90. The Balaban J connectivity index is 0.968. The Bertz CT molecular complexity index is 1480. The Morgan fingerprint density at radius 1 is 0.851 bits per heavy atom. The van der Waals surface area contributed by atoms with Crippen LogP contribution in [0.3, 0.4) is 0 Å². The molecule has 0 aliphatic carbocycles. The number of likely N-dealkylation sites (tertiary alicyclic amines) is 1. The third-order valence-electron chi connectivity index (χ3n) is 9.49. The number of amides is 4. The van der Waals surface area contributed by atoms with Crippen LogP contribution in [0.1, 0.15) is 44.2 Å². The minimum atomic E-state index is -0.433. The number of hydrogen-bond donors (Lipinski definition) is 3. The molecule has 0 bridgehead atoms. The molecule has 5 rings (SSSR count). The van der Waals surface area contributed by atoms with Gasteiger partial charge in [0.05, 0.1) is 5.69 Å². The van der Waals surface area contributed by atoms with Crippen LogP contribution in [0.4, 0.5) is 15.3 Å². The molecule has 2 fully saturated rings. The van der Waals surface area contributed by atoms with Crippen molar-refractivity contribution in [1.82, 2.24) is 20.0 Å². The number of hydrogen-bond acceptors (Lipinski definition) is 6. The van der Waals surface area contributed by atoms with Gasteiger partial charge >= 0.3 is 12.1 Å².